The molecule has 1 aliphatic carbocycles. The highest BCUT2D eigenvalue weighted by molar-refractivity contribution is 7.09. The summed E-state index contributed by atoms with van der Waals surface area (Å²) in [6.45, 7) is 2.02. The number of hydrogen-bond donors (Lipinski definition) is 3. The van der Waals surface area contributed by atoms with Crippen molar-refractivity contribution < 1.29 is 14.4 Å². The number of likely N-dealkylation sites (tertiary alicyclic amines) is 1. The molecule has 4 amide bonds. The highest BCUT2D eigenvalue weighted by atomic mass is 32.1. The predicted octanol–water partition coefficient (Wildman–Crippen LogP) is 3.39. The van der Waals surface area contributed by atoms with Crippen LogP contribution >= 0.6 is 11.3 Å². The van der Waals surface area contributed by atoms with Crippen molar-refractivity contribution in [2.24, 2.45) is 0 Å². The van der Waals surface area contributed by atoms with Crippen LogP contribution in [0.25, 0.3) is 0 Å². The van der Waals surface area contributed by atoms with Gasteiger partial charge in [0.25, 0.3) is 11.8 Å². The van der Waals surface area contributed by atoms with E-state index in [4.69, 9.17) is 0 Å². The van der Waals surface area contributed by atoms with Crippen molar-refractivity contribution in [3.8, 4) is 0 Å². The van der Waals surface area contributed by atoms with Gasteiger partial charge in [0.1, 0.15) is 11.4 Å². The Morgan fingerprint density at radius 2 is 1.85 bits per heavy atom. The third-order valence-electron chi connectivity index (χ3n) is 6.18. The van der Waals surface area contributed by atoms with E-state index in [-0.39, 0.29) is 23.3 Å². The first-order chi connectivity index (χ1) is 16.6. The number of aromatic nitrogens is 2. The molecule has 0 aromatic carbocycles. The Balaban J connectivity index is 1.19. The molecule has 0 radical (unpaired) electrons. The number of carbonyl (C=O) groups excluding carboxylic acids is 3. The number of amides is 4. The maximum Gasteiger partial charge on any atom is 0.317 e. The van der Waals surface area contributed by atoms with Crippen molar-refractivity contribution in [2.75, 3.05) is 19.6 Å². The summed E-state index contributed by atoms with van der Waals surface area (Å²) in [6.07, 6.45) is 11.2. The van der Waals surface area contributed by atoms with Crippen LogP contribution in [-0.4, -0.2) is 52.3 Å². The van der Waals surface area contributed by atoms with Gasteiger partial charge in [0.2, 0.25) is 0 Å². The van der Waals surface area contributed by atoms with Crippen molar-refractivity contribution in [3.63, 3.8) is 0 Å². The highest BCUT2D eigenvalue weighted by Crippen LogP contribution is 2.30. The highest BCUT2D eigenvalue weighted by Gasteiger charge is 2.26. The maximum atomic E-state index is 12.5. The molecular weight excluding hydrogens is 452 g/mol. The van der Waals surface area contributed by atoms with Gasteiger partial charge in [-0.05, 0) is 57.1 Å². The van der Waals surface area contributed by atoms with Crippen LogP contribution in [0.5, 0.6) is 0 Å². The number of rotatable bonds is 6. The first-order valence-corrected chi connectivity index (χ1v) is 12.7. The Hall–Kier alpha value is -3.27. The Morgan fingerprint density at radius 3 is 2.56 bits per heavy atom. The van der Waals surface area contributed by atoms with Gasteiger partial charge in [-0.25, -0.2) is 9.78 Å². The third-order valence-corrected chi connectivity index (χ3v) is 7.19. The zero-order valence-corrected chi connectivity index (χ0v) is 19.9. The minimum atomic E-state index is -0.495. The topological polar surface area (TPSA) is 116 Å². The third kappa shape index (κ3) is 6.40. The molecule has 9 nitrogen and oxygen atoms in total. The quantitative estimate of drug-likeness (QED) is 0.431. The van der Waals surface area contributed by atoms with E-state index in [0.717, 1.165) is 37.1 Å². The molecule has 3 heterocycles. The maximum absolute atomic E-state index is 12.5. The van der Waals surface area contributed by atoms with Crippen LogP contribution in [0.4, 0.5) is 4.79 Å². The standard InChI is InChI=1S/C24H30N6O3S/c31-21(19-8-4-5-12-25-19)28-29-22(32)20-16-34-23(27-20)18-10-14-30(15-11-18)24(33)26-13-9-17-6-2-1-3-7-17/h4-6,8,12,16,18H,1-3,7,9-11,13-15H2,(H,26,33)(H,28,31)(H,29,32). The minimum absolute atomic E-state index is 0.00212. The van der Waals surface area contributed by atoms with E-state index in [9.17, 15) is 14.4 Å². The number of urea groups is 1. The molecule has 0 unspecified atom stereocenters. The zero-order valence-electron chi connectivity index (χ0n) is 19.1. The van der Waals surface area contributed by atoms with Crippen molar-refractivity contribution in [2.45, 2.75) is 50.9 Å². The average molecular weight is 483 g/mol. The summed E-state index contributed by atoms with van der Waals surface area (Å²) in [4.78, 5) is 47.2. The predicted molar refractivity (Wildman–Crippen MR) is 129 cm³/mol. The number of nitrogens with zero attached hydrogens (tertiary/aromatic N) is 3. The molecule has 0 atom stereocenters. The average Bonchev–Trinajstić information content (AvgIpc) is 3.39. The van der Waals surface area contributed by atoms with Crippen LogP contribution in [-0.2, 0) is 0 Å². The zero-order chi connectivity index (χ0) is 23.8. The van der Waals surface area contributed by atoms with Crippen molar-refractivity contribution in [1.82, 2.24) is 31.0 Å². The number of piperidine rings is 1. The number of hydrazine groups is 1. The molecule has 180 valence electrons. The number of pyridine rings is 1. The van der Waals surface area contributed by atoms with Gasteiger partial charge in [-0.15, -0.1) is 11.3 Å². The molecule has 2 aliphatic rings. The van der Waals surface area contributed by atoms with Gasteiger partial charge in [-0.2, -0.15) is 0 Å². The van der Waals surface area contributed by atoms with E-state index in [1.54, 1.807) is 23.6 Å². The van der Waals surface area contributed by atoms with Gasteiger partial charge in [-0.1, -0.05) is 17.7 Å². The van der Waals surface area contributed by atoms with E-state index >= 15 is 0 Å². The Bertz CT molecular complexity index is 1030. The van der Waals surface area contributed by atoms with E-state index in [1.807, 2.05) is 4.90 Å². The summed E-state index contributed by atoms with van der Waals surface area (Å²) in [5.41, 5.74) is 6.67. The van der Waals surface area contributed by atoms with Gasteiger partial charge in [0.15, 0.2) is 0 Å². The first kappa shape index (κ1) is 23.9. The monoisotopic (exact) mass is 482 g/mol. The fourth-order valence-corrected chi connectivity index (χ4v) is 5.19. The van der Waals surface area contributed by atoms with Gasteiger partial charge in [0.05, 0.1) is 5.01 Å². The fraction of sp³-hybridized carbons (Fsp3) is 0.458. The lowest BCUT2D eigenvalue weighted by molar-refractivity contribution is 0.0841. The lowest BCUT2D eigenvalue weighted by Crippen LogP contribution is -2.44. The van der Waals surface area contributed by atoms with Crippen molar-refractivity contribution in [1.29, 1.82) is 0 Å². The molecule has 1 aliphatic heterocycles. The van der Waals surface area contributed by atoms with E-state index < -0.39 is 11.8 Å². The second kappa shape index (κ2) is 11.7. The molecule has 4 rings (SSSR count). The molecule has 0 bridgehead atoms. The summed E-state index contributed by atoms with van der Waals surface area (Å²) in [5.74, 6) is -0.756. The van der Waals surface area contributed by atoms with Crippen LogP contribution in [0.15, 0.2) is 41.4 Å². The smallest absolute Gasteiger partial charge is 0.317 e. The van der Waals surface area contributed by atoms with Crippen LogP contribution in [0, 0.1) is 0 Å². The van der Waals surface area contributed by atoms with E-state index in [2.05, 4.69) is 32.2 Å². The second-order valence-corrected chi connectivity index (χ2v) is 9.44. The van der Waals surface area contributed by atoms with Crippen LogP contribution in [0.1, 0.15) is 76.8 Å². The van der Waals surface area contributed by atoms with Gasteiger partial charge < -0.3 is 10.2 Å². The number of hydrogen-bond acceptors (Lipinski definition) is 6. The number of carbonyl (C=O) groups is 3. The van der Waals surface area contributed by atoms with Crippen LogP contribution in [0.2, 0.25) is 0 Å². The molecule has 1 fully saturated rings. The first-order valence-electron chi connectivity index (χ1n) is 11.8. The largest absolute Gasteiger partial charge is 0.338 e. The molecule has 1 saturated heterocycles. The molecule has 10 heteroatoms. The Kier molecular flexibility index (Phi) is 8.24. The van der Waals surface area contributed by atoms with Crippen LogP contribution < -0.4 is 16.2 Å². The SMILES string of the molecule is O=C(NNC(=O)c1csc(C2CCN(C(=O)NCCC3=CCCCC3)CC2)n1)c1ccccn1. The summed E-state index contributed by atoms with van der Waals surface area (Å²) >= 11 is 1.43. The number of thiazole rings is 1. The van der Waals surface area contributed by atoms with E-state index in [0.29, 0.717) is 19.6 Å². The molecule has 34 heavy (non-hydrogen) atoms. The second-order valence-electron chi connectivity index (χ2n) is 8.55. The fourth-order valence-electron chi connectivity index (χ4n) is 4.22. The van der Waals surface area contributed by atoms with Gasteiger partial charge >= 0.3 is 6.03 Å². The number of nitrogens with one attached hydrogen (secondary N) is 3. The van der Waals surface area contributed by atoms with E-state index in [1.165, 1.54) is 35.9 Å². The summed E-state index contributed by atoms with van der Waals surface area (Å²) in [5, 5.41) is 5.62. The van der Waals surface area contributed by atoms with Gasteiger partial charge in [-0.3, -0.25) is 25.4 Å². The molecule has 0 saturated carbocycles. The van der Waals surface area contributed by atoms with Crippen LogP contribution in [0.3, 0.4) is 0 Å². The molecule has 2 aromatic heterocycles. The molecular formula is C24H30N6O3S. The normalized spacial score (nSPS) is 16.5. The van der Waals surface area contributed by atoms with Crippen molar-refractivity contribution >= 4 is 29.2 Å². The summed E-state index contributed by atoms with van der Waals surface area (Å²) in [6, 6.07) is 4.96. The Labute approximate surface area is 203 Å². The molecule has 3 N–H and O–H groups in total. The lowest BCUT2D eigenvalue weighted by Gasteiger charge is -2.31. The Morgan fingerprint density at radius 1 is 1.06 bits per heavy atom. The lowest BCUT2D eigenvalue weighted by atomic mass is 9.97. The summed E-state index contributed by atoms with van der Waals surface area (Å²) < 4.78 is 0. The number of allylic oxidation sites excluding steroid dienone is 1. The van der Waals surface area contributed by atoms with Gasteiger partial charge in [0, 0.05) is 37.1 Å². The summed E-state index contributed by atoms with van der Waals surface area (Å²) in [7, 11) is 0. The molecule has 2 aromatic rings. The minimum Gasteiger partial charge on any atom is -0.338 e. The van der Waals surface area contributed by atoms with Crippen molar-refractivity contribution in [3.05, 3.63) is 57.8 Å². The molecule has 0 spiro atoms.